The zero-order valence-electron chi connectivity index (χ0n) is 13.5. The van der Waals surface area contributed by atoms with E-state index in [-0.39, 0.29) is 0 Å². The molecule has 4 nitrogen and oxygen atoms in total. The van der Waals surface area contributed by atoms with Crippen LogP contribution in [0.1, 0.15) is 49.3 Å². The average Bonchev–Trinajstić information content (AvgIpc) is 2.52. The molecule has 0 amide bonds. The van der Waals surface area contributed by atoms with Crippen molar-refractivity contribution >= 4 is 0 Å². The molecule has 0 saturated carbocycles. The highest BCUT2D eigenvalue weighted by Gasteiger charge is 2.29. The van der Waals surface area contributed by atoms with Crippen molar-refractivity contribution < 1.29 is 4.74 Å². The van der Waals surface area contributed by atoms with Gasteiger partial charge >= 0.3 is 0 Å². The molecule has 1 aliphatic rings. The predicted molar refractivity (Wildman–Crippen MR) is 86.9 cm³/mol. The average molecular weight is 297 g/mol. The summed E-state index contributed by atoms with van der Waals surface area (Å²) in [6.45, 7) is 6.25. The lowest BCUT2D eigenvalue weighted by molar-refractivity contribution is 0.0801. The Kier molecular flexibility index (Phi) is 4.39. The van der Waals surface area contributed by atoms with E-state index < -0.39 is 0 Å². The fourth-order valence-electron chi connectivity index (χ4n) is 2.84. The Labute approximate surface area is 132 Å². The monoisotopic (exact) mass is 297 g/mol. The molecule has 3 rings (SSSR count). The van der Waals surface area contributed by atoms with E-state index in [0.717, 1.165) is 30.4 Å². The van der Waals surface area contributed by atoms with Gasteiger partial charge in [-0.3, -0.25) is 4.90 Å². The maximum atomic E-state index is 5.33. The molecule has 1 aromatic heterocycles. The highest BCUT2D eigenvalue weighted by molar-refractivity contribution is 5.31. The second-order valence-corrected chi connectivity index (χ2v) is 6.11. The first kappa shape index (κ1) is 15.0. The topological polar surface area (TPSA) is 38.2 Å². The summed E-state index contributed by atoms with van der Waals surface area (Å²) in [5.41, 5.74) is 2.43. The third-order valence-electron chi connectivity index (χ3n) is 4.22. The maximum Gasteiger partial charge on any atom is 0.131 e. The second kappa shape index (κ2) is 6.44. The van der Waals surface area contributed by atoms with Gasteiger partial charge < -0.3 is 4.74 Å². The Morgan fingerprint density at radius 2 is 2.18 bits per heavy atom. The first-order chi connectivity index (χ1) is 10.7. The van der Waals surface area contributed by atoms with Crippen molar-refractivity contribution in [2.45, 2.75) is 38.8 Å². The molecule has 0 N–H and O–H groups in total. The number of methoxy groups -OCH3 is 1. The zero-order chi connectivity index (χ0) is 15.5. The number of rotatable bonds is 5. The van der Waals surface area contributed by atoms with Crippen LogP contribution in [0.2, 0.25) is 0 Å². The van der Waals surface area contributed by atoms with Crippen LogP contribution in [0.5, 0.6) is 5.75 Å². The summed E-state index contributed by atoms with van der Waals surface area (Å²) < 4.78 is 5.33. The molecule has 1 aromatic carbocycles. The van der Waals surface area contributed by atoms with Gasteiger partial charge in [-0.05, 0) is 30.2 Å². The van der Waals surface area contributed by atoms with Crippen molar-refractivity contribution in [1.82, 2.24) is 14.9 Å². The van der Waals surface area contributed by atoms with Gasteiger partial charge in [0.1, 0.15) is 11.6 Å². The van der Waals surface area contributed by atoms with Gasteiger partial charge in [0, 0.05) is 31.2 Å². The highest BCUT2D eigenvalue weighted by atomic mass is 16.5. The van der Waals surface area contributed by atoms with E-state index in [1.165, 1.54) is 12.0 Å². The van der Waals surface area contributed by atoms with Gasteiger partial charge in [0.2, 0.25) is 0 Å². The molecule has 116 valence electrons. The zero-order valence-corrected chi connectivity index (χ0v) is 13.5. The molecule has 4 heteroatoms. The summed E-state index contributed by atoms with van der Waals surface area (Å²) in [7, 11) is 1.71. The Morgan fingerprint density at radius 1 is 1.32 bits per heavy atom. The quantitative estimate of drug-likeness (QED) is 0.846. The van der Waals surface area contributed by atoms with Crippen LogP contribution in [0, 0.1) is 0 Å². The van der Waals surface area contributed by atoms with E-state index >= 15 is 0 Å². The normalized spacial score (nSPS) is 18.3. The molecular weight excluding hydrogens is 274 g/mol. The first-order valence-corrected chi connectivity index (χ1v) is 7.87. The Bertz CT molecular complexity index is 642. The first-order valence-electron chi connectivity index (χ1n) is 7.87. The van der Waals surface area contributed by atoms with Gasteiger partial charge in [-0.1, -0.05) is 26.0 Å². The van der Waals surface area contributed by atoms with Crippen LogP contribution in [-0.4, -0.2) is 28.5 Å². The minimum Gasteiger partial charge on any atom is -0.497 e. The Morgan fingerprint density at radius 3 is 2.86 bits per heavy atom. The van der Waals surface area contributed by atoms with E-state index in [1.807, 2.05) is 18.3 Å². The van der Waals surface area contributed by atoms with Crippen LogP contribution in [0.4, 0.5) is 0 Å². The molecule has 2 aromatic rings. The minimum absolute atomic E-state index is 0.366. The fraction of sp³-hybridized carbons (Fsp3) is 0.444. The van der Waals surface area contributed by atoms with E-state index in [2.05, 4.69) is 46.9 Å². The lowest BCUT2D eigenvalue weighted by Crippen LogP contribution is -2.40. The van der Waals surface area contributed by atoms with Crippen molar-refractivity contribution in [2.24, 2.45) is 0 Å². The molecular formula is C18H23N3O. The van der Waals surface area contributed by atoms with Crippen molar-refractivity contribution in [2.75, 3.05) is 13.7 Å². The summed E-state index contributed by atoms with van der Waals surface area (Å²) in [6, 6.07) is 10.9. The van der Waals surface area contributed by atoms with E-state index in [1.54, 1.807) is 7.11 Å². The van der Waals surface area contributed by atoms with E-state index in [4.69, 9.17) is 4.74 Å². The summed E-state index contributed by atoms with van der Waals surface area (Å²) in [5.74, 6) is 2.22. The summed E-state index contributed by atoms with van der Waals surface area (Å²) >= 11 is 0. The third-order valence-corrected chi connectivity index (χ3v) is 4.22. The van der Waals surface area contributed by atoms with Crippen molar-refractivity contribution in [3.05, 3.63) is 53.6 Å². The molecule has 1 fully saturated rings. The highest BCUT2D eigenvalue weighted by Crippen LogP contribution is 2.35. The number of ether oxygens (including phenoxy) is 1. The lowest BCUT2D eigenvalue weighted by atomic mass is 9.94. The summed E-state index contributed by atoms with van der Waals surface area (Å²) in [4.78, 5) is 11.5. The van der Waals surface area contributed by atoms with Crippen LogP contribution in [-0.2, 0) is 6.54 Å². The largest absolute Gasteiger partial charge is 0.497 e. The van der Waals surface area contributed by atoms with Gasteiger partial charge in [0.25, 0.3) is 0 Å². The fourth-order valence-corrected chi connectivity index (χ4v) is 2.84. The minimum atomic E-state index is 0.366. The molecule has 0 bridgehead atoms. The van der Waals surface area contributed by atoms with Crippen LogP contribution >= 0.6 is 0 Å². The molecule has 1 aliphatic heterocycles. The molecule has 0 aliphatic carbocycles. The van der Waals surface area contributed by atoms with Crippen LogP contribution in [0.25, 0.3) is 0 Å². The van der Waals surface area contributed by atoms with Gasteiger partial charge in [-0.2, -0.15) is 0 Å². The second-order valence-electron chi connectivity index (χ2n) is 6.11. The molecule has 2 heterocycles. The summed E-state index contributed by atoms with van der Waals surface area (Å²) in [5, 5.41) is 0. The van der Waals surface area contributed by atoms with Crippen LogP contribution < -0.4 is 4.74 Å². The van der Waals surface area contributed by atoms with Crippen molar-refractivity contribution in [1.29, 1.82) is 0 Å². The molecule has 22 heavy (non-hydrogen) atoms. The van der Waals surface area contributed by atoms with Gasteiger partial charge in [-0.25, -0.2) is 9.97 Å². The molecule has 0 unspecified atom stereocenters. The van der Waals surface area contributed by atoms with Crippen molar-refractivity contribution in [3.8, 4) is 5.75 Å². The number of benzene rings is 1. The smallest absolute Gasteiger partial charge is 0.131 e. The lowest BCUT2D eigenvalue weighted by Gasteiger charge is -2.41. The molecule has 1 saturated heterocycles. The SMILES string of the molecule is COc1cccc([C@H]2CCN2Cc2ccnc(C(C)C)n2)c1. The molecule has 0 spiro atoms. The summed E-state index contributed by atoms with van der Waals surface area (Å²) in [6.07, 6.45) is 3.06. The molecule has 1 atom stereocenters. The number of aromatic nitrogens is 2. The number of likely N-dealkylation sites (tertiary alicyclic amines) is 1. The van der Waals surface area contributed by atoms with Gasteiger partial charge in [0.05, 0.1) is 12.8 Å². The molecule has 0 radical (unpaired) electrons. The van der Waals surface area contributed by atoms with E-state index in [9.17, 15) is 0 Å². The van der Waals surface area contributed by atoms with E-state index in [0.29, 0.717) is 12.0 Å². The Balaban J connectivity index is 1.72. The van der Waals surface area contributed by atoms with Gasteiger partial charge in [0.15, 0.2) is 0 Å². The third kappa shape index (κ3) is 3.12. The number of hydrogen-bond donors (Lipinski definition) is 0. The predicted octanol–water partition coefficient (Wildman–Crippen LogP) is 3.56. The van der Waals surface area contributed by atoms with Crippen LogP contribution in [0.15, 0.2) is 36.5 Å². The van der Waals surface area contributed by atoms with Crippen molar-refractivity contribution in [3.63, 3.8) is 0 Å². The maximum absolute atomic E-state index is 5.33. The van der Waals surface area contributed by atoms with Crippen LogP contribution in [0.3, 0.4) is 0 Å². The standard InChI is InChI=1S/C18H23N3O/c1-13(2)18-19-9-7-15(20-18)12-21-10-8-17(21)14-5-4-6-16(11-14)22-3/h4-7,9,11,13,17H,8,10,12H2,1-3H3/t17-/m1/s1. The number of nitrogens with zero attached hydrogens (tertiary/aromatic N) is 3. The Hall–Kier alpha value is -1.94. The van der Waals surface area contributed by atoms with Gasteiger partial charge in [-0.15, -0.1) is 0 Å². The number of hydrogen-bond acceptors (Lipinski definition) is 4.